The molecule has 2 aromatic heterocycles. The van der Waals surface area contributed by atoms with Crippen LogP contribution in [0.1, 0.15) is 50.2 Å². The molecule has 1 fully saturated rings. The van der Waals surface area contributed by atoms with Gasteiger partial charge >= 0.3 is 0 Å². The molecule has 27 heavy (non-hydrogen) atoms. The highest BCUT2D eigenvalue weighted by atomic mass is 19.1. The molecule has 0 spiro atoms. The molecule has 0 aliphatic carbocycles. The molecule has 4 rings (SSSR count). The highest BCUT2D eigenvalue weighted by Gasteiger charge is 2.26. The highest BCUT2D eigenvalue weighted by molar-refractivity contribution is 5.92. The zero-order valence-corrected chi connectivity index (χ0v) is 15.8. The van der Waals surface area contributed by atoms with Crippen molar-refractivity contribution in [2.75, 3.05) is 25.1 Å². The molecule has 0 unspecified atom stereocenters. The van der Waals surface area contributed by atoms with Crippen LogP contribution in [0, 0.1) is 5.82 Å². The van der Waals surface area contributed by atoms with Gasteiger partial charge in [0.1, 0.15) is 0 Å². The Hall–Kier alpha value is -2.70. The fraction of sp³-hybridized carbons (Fsp3) is 0.450. The van der Waals surface area contributed by atoms with E-state index in [1.54, 1.807) is 12.3 Å². The average molecular weight is 370 g/mol. The number of halogens is 1. The number of benzene rings is 1. The van der Waals surface area contributed by atoms with E-state index in [4.69, 9.17) is 9.26 Å². The molecular weight excluding hydrogens is 347 g/mol. The molecule has 1 saturated heterocycles. The van der Waals surface area contributed by atoms with Crippen LogP contribution in [0.3, 0.4) is 0 Å². The Balaban J connectivity index is 1.55. The number of methoxy groups -OCH3 is 1. The van der Waals surface area contributed by atoms with Gasteiger partial charge in [0.25, 0.3) is 0 Å². The van der Waals surface area contributed by atoms with Gasteiger partial charge in [-0.2, -0.15) is 4.98 Å². The van der Waals surface area contributed by atoms with E-state index in [0.717, 1.165) is 42.8 Å². The minimum Gasteiger partial charge on any atom is -0.494 e. The molecule has 0 N–H and O–H groups in total. The number of rotatable bonds is 4. The molecular formula is C20H23FN4O2. The topological polar surface area (TPSA) is 64.3 Å². The number of ether oxygens (including phenoxy) is 1. The summed E-state index contributed by atoms with van der Waals surface area (Å²) in [6, 6.07) is 5.13. The normalized spacial score (nSPS) is 15.7. The second-order valence-electron chi connectivity index (χ2n) is 7.24. The zero-order valence-electron chi connectivity index (χ0n) is 15.8. The summed E-state index contributed by atoms with van der Waals surface area (Å²) in [5, 5.41) is 5.07. The highest BCUT2D eigenvalue weighted by Crippen LogP contribution is 2.34. The minimum absolute atomic E-state index is 0.236. The van der Waals surface area contributed by atoms with Crippen molar-refractivity contribution < 1.29 is 13.7 Å². The molecule has 3 heterocycles. The summed E-state index contributed by atoms with van der Waals surface area (Å²) in [6.45, 7) is 5.83. The molecule has 0 saturated carbocycles. The van der Waals surface area contributed by atoms with Crippen LogP contribution < -0.4 is 9.64 Å². The number of hydrogen-bond acceptors (Lipinski definition) is 6. The maximum absolute atomic E-state index is 14.0. The Labute approximate surface area is 157 Å². The zero-order chi connectivity index (χ0) is 19.0. The Morgan fingerprint density at radius 1 is 1.26 bits per heavy atom. The van der Waals surface area contributed by atoms with Gasteiger partial charge in [-0.05, 0) is 25.0 Å². The predicted molar refractivity (Wildman–Crippen MR) is 101 cm³/mol. The summed E-state index contributed by atoms with van der Waals surface area (Å²) in [5.74, 6) is 1.89. The van der Waals surface area contributed by atoms with Crippen molar-refractivity contribution in [1.29, 1.82) is 0 Å². The van der Waals surface area contributed by atoms with Crippen LogP contribution in [0.2, 0.25) is 0 Å². The lowest BCUT2D eigenvalue weighted by Gasteiger charge is -2.33. The van der Waals surface area contributed by atoms with Crippen molar-refractivity contribution in [1.82, 2.24) is 15.1 Å². The first-order valence-corrected chi connectivity index (χ1v) is 9.27. The lowest BCUT2D eigenvalue weighted by Crippen LogP contribution is -2.33. The smallest absolute Gasteiger partial charge is 0.229 e. The summed E-state index contributed by atoms with van der Waals surface area (Å²) >= 11 is 0. The number of hydrogen-bond donors (Lipinski definition) is 0. The predicted octanol–water partition coefficient (Wildman–Crippen LogP) is 4.27. The van der Waals surface area contributed by atoms with E-state index in [1.807, 2.05) is 19.9 Å². The standard InChI is InChI=1S/C20H23FN4O2/c1-12(2)20-23-19(24-27-20)13-5-8-25(9-6-13)17-4-7-22-16-11-15(21)18(26-3)10-14(16)17/h4,7,10-13H,5-6,8-9H2,1-3H3. The first kappa shape index (κ1) is 17.7. The number of fused-ring (bicyclic) bond motifs is 1. The third-order valence-corrected chi connectivity index (χ3v) is 5.14. The van der Waals surface area contributed by atoms with Crippen molar-refractivity contribution in [2.24, 2.45) is 0 Å². The second-order valence-corrected chi connectivity index (χ2v) is 7.24. The monoisotopic (exact) mass is 370 g/mol. The van der Waals surface area contributed by atoms with Crippen molar-refractivity contribution in [3.63, 3.8) is 0 Å². The Bertz CT molecular complexity index is 948. The summed E-state index contributed by atoms with van der Waals surface area (Å²) in [4.78, 5) is 11.2. The van der Waals surface area contributed by atoms with Crippen LogP contribution >= 0.6 is 0 Å². The second kappa shape index (κ2) is 7.13. The molecule has 142 valence electrons. The maximum atomic E-state index is 14.0. The molecule has 0 amide bonds. The SMILES string of the molecule is COc1cc2c(N3CCC(c4noc(C(C)C)n4)CC3)ccnc2cc1F. The molecule has 1 aliphatic rings. The van der Waals surface area contributed by atoms with Crippen LogP contribution in [0.4, 0.5) is 10.1 Å². The van der Waals surface area contributed by atoms with E-state index in [-0.39, 0.29) is 11.7 Å². The molecule has 7 heteroatoms. The van der Waals surface area contributed by atoms with Crippen LogP contribution in [-0.4, -0.2) is 35.3 Å². The Morgan fingerprint density at radius 2 is 2.04 bits per heavy atom. The third-order valence-electron chi connectivity index (χ3n) is 5.14. The quantitative estimate of drug-likeness (QED) is 0.683. The molecule has 1 aliphatic heterocycles. The van der Waals surface area contributed by atoms with E-state index in [0.29, 0.717) is 17.3 Å². The van der Waals surface area contributed by atoms with Gasteiger partial charge in [0, 0.05) is 48.3 Å². The van der Waals surface area contributed by atoms with Crippen molar-refractivity contribution in [2.45, 2.75) is 38.5 Å². The van der Waals surface area contributed by atoms with Crippen molar-refractivity contribution in [3.8, 4) is 5.75 Å². The Morgan fingerprint density at radius 3 is 2.70 bits per heavy atom. The van der Waals surface area contributed by atoms with Crippen molar-refractivity contribution in [3.05, 3.63) is 41.9 Å². The van der Waals surface area contributed by atoms with Crippen LogP contribution in [-0.2, 0) is 0 Å². The number of piperidine rings is 1. The maximum Gasteiger partial charge on any atom is 0.229 e. The van der Waals surface area contributed by atoms with Gasteiger partial charge < -0.3 is 14.2 Å². The van der Waals surface area contributed by atoms with Gasteiger partial charge in [0.2, 0.25) is 5.89 Å². The van der Waals surface area contributed by atoms with E-state index >= 15 is 0 Å². The van der Waals surface area contributed by atoms with Gasteiger partial charge in [-0.1, -0.05) is 19.0 Å². The number of anilines is 1. The molecule has 0 bridgehead atoms. The third kappa shape index (κ3) is 3.34. The number of aromatic nitrogens is 3. The van der Waals surface area contributed by atoms with Crippen LogP contribution in [0.25, 0.3) is 10.9 Å². The van der Waals surface area contributed by atoms with Gasteiger partial charge in [-0.15, -0.1) is 0 Å². The summed E-state index contributed by atoms with van der Waals surface area (Å²) < 4.78 is 24.5. The van der Waals surface area contributed by atoms with Crippen molar-refractivity contribution >= 4 is 16.6 Å². The van der Waals surface area contributed by atoms with Crippen LogP contribution in [0.5, 0.6) is 5.75 Å². The lowest BCUT2D eigenvalue weighted by atomic mass is 9.95. The fourth-order valence-electron chi connectivity index (χ4n) is 3.59. The molecule has 6 nitrogen and oxygen atoms in total. The lowest BCUT2D eigenvalue weighted by molar-refractivity contribution is 0.353. The van der Waals surface area contributed by atoms with E-state index in [2.05, 4.69) is 20.0 Å². The summed E-state index contributed by atoms with van der Waals surface area (Å²) in [7, 11) is 1.47. The van der Waals surface area contributed by atoms with E-state index < -0.39 is 5.82 Å². The minimum atomic E-state index is -0.397. The largest absolute Gasteiger partial charge is 0.494 e. The first-order chi connectivity index (χ1) is 13.1. The van der Waals surface area contributed by atoms with Crippen LogP contribution in [0.15, 0.2) is 28.9 Å². The number of nitrogens with zero attached hydrogens (tertiary/aromatic N) is 4. The van der Waals surface area contributed by atoms with E-state index in [9.17, 15) is 4.39 Å². The van der Waals surface area contributed by atoms with Gasteiger partial charge in [-0.3, -0.25) is 4.98 Å². The van der Waals surface area contributed by atoms with Gasteiger partial charge in [-0.25, -0.2) is 4.39 Å². The van der Waals surface area contributed by atoms with Gasteiger partial charge in [0.05, 0.1) is 12.6 Å². The molecule has 3 aromatic rings. The fourth-order valence-corrected chi connectivity index (χ4v) is 3.59. The summed E-state index contributed by atoms with van der Waals surface area (Å²) in [5.41, 5.74) is 1.68. The average Bonchev–Trinajstić information content (AvgIpc) is 3.17. The molecule has 1 aromatic carbocycles. The molecule has 0 atom stereocenters. The molecule has 0 radical (unpaired) electrons. The number of pyridine rings is 1. The first-order valence-electron chi connectivity index (χ1n) is 9.27. The van der Waals surface area contributed by atoms with E-state index in [1.165, 1.54) is 13.2 Å². The van der Waals surface area contributed by atoms with Gasteiger partial charge in [0.15, 0.2) is 17.4 Å². The Kier molecular flexibility index (Phi) is 4.68. The summed E-state index contributed by atoms with van der Waals surface area (Å²) in [6.07, 6.45) is 3.61.